The van der Waals surface area contributed by atoms with Gasteiger partial charge >= 0.3 is 5.97 Å². The number of esters is 1. The lowest BCUT2D eigenvalue weighted by Gasteiger charge is -2.21. The summed E-state index contributed by atoms with van der Waals surface area (Å²) in [6.07, 6.45) is 1.51. The fourth-order valence-electron chi connectivity index (χ4n) is 2.89. The van der Waals surface area contributed by atoms with E-state index in [0.717, 1.165) is 0 Å². The molecule has 1 amide bonds. The Morgan fingerprint density at radius 1 is 0.950 bits per heavy atom. The van der Waals surface area contributed by atoms with Crippen molar-refractivity contribution in [3.05, 3.63) is 100 Å². The van der Waals surface area contributed by atoms with Crippen LogP contribution in [0.5, 0.6) is 11.6 Å². The number of amidine groups is 1. The highest BCUT2D eigenvalue weighted by atomic mass is 35.5. The number of nitrogens with one attached hydrogen (secondary N) is 1. The van der Waals surface area contributed by atoms with Crippen molar-refractivity contribution in [1.82, 2.24) is 15.2 Å². The summed E-state index contributed by atoms with van der Waals surface area (Å²) in [6, 6.07) is 20.1. The van der Waals surface area contributed by atoms with Crippen molar-refractivity contribution in [2.75, 3.05) is 14.1 Å². The van der Waals surface area contributed by atoms with Gasteiger partial charge in [-0.15, -0.1) is 0 Å². The van der Waals surface area contributed by atoms with E-state index in [0.29, 0.717) is 16.6 Å². The van der Waals surface area contributed by atoms with Crippen LogP contribution in [0.3, 0.4) is 0 Å². The van der Waals surface area contributed by atoms with Gasteiger partial charge in [0.25, 0.3) is 5.91 Å². The Hall–Kier alpha value is -4.17. The normalized spacial score (nSPS) is 11.9. The largest absolute Gasteiger partial charge is 0.457 e. The van der Waals surface area contributed by atoms with Gasteiger partial charge in [0, 0.05) is 25.3 Å². The van der Waals surface area contributed by atoms with Crippen LogP contribution in [0, 0.1) is 6.92 Å². The minimum atomic E-state index is -0.698. The second-order valence-corrected chi connectivity index (χ2v) is 10.5. The molecule has 0 fully saturated rings. The lowest BCUT2D eigenvalue weighted by molar-refractivity contribution is -0.149. The molecule has 0 bridgehead atoms. The summed E-state index contributed by atoms with van der Waals surface area (Å²) >= 11 is 5.92. The molecule has 0 atom stereocenters. The number of rotatable bonds is 6. The number of ether oxygens (including phenoxy) is 2. The van der Waals surface area contributed by atoms with Gasteiger partial charge in [-0.05, 0) is 77.9 Å². The molecule has 0 saturated heterocycles. The molecule has 0 aliphatic carbocycles. The zero-order valence-corrected chi connectivity index (χ0v) is 25.0. The van der Waals surface area contributed by atoms with Gasteiger partial charge in [0.05, 0.1) is 5.57 Å². The maximum absolute atomic E-state index is 13.2. The van der Waals surface area contributed by atoms with Crippen LogP contribution in [-0.2, 0) is 9.53 Å². The van der Waals surface area contributed by atoms with Crippen molar-refractivity contribution >= 4 is 29.3 Å². The summed E-state index contributed by atoms with van der Waals surface area (Å²) in [5.41, 5.74) is 0.946. The number of hydrogen-bond acceptors (Lipinski definition) is 6. The van der Waals surface area contributed by atoms with Crippen LogP contribution in [0.25, 0.3) is 0 Å². The predicted octanol–water partition coefficient (Wildman–Crippen LogP) is 6.81. The minimum absolute atomic E-state index is 0.0711. The predicted molar refractivity (Wildman–Crippen MR) is 160 cm³/mol. The molecule has 0 saturated carbocycles. The monoisotopic (exact) mass is 564 g/mol. The molecule has 1 heterocycles. The fraction of sp³-hybridized carbons (Fsp3) is 0.290. The van der Waals surface area contributed by atoms with Gasteiger partial charge in [0.1, 0.15) is 28.6 Å². The average Bonchev–Trinajstić information content (AvgIpc) is 2.89. The topological polar surface area (TPSA) is 93.1 Å². The van der Waals surface area contributed by atoms with E-state index in [1.54, 1.807) is 90.0 Å². The van der Waals surface area contributed by atoms with E-state index in [2.05, 4.69) is 34.3 Å². The summed E-state index contributed by atoms with van der Waals surface area (Å²) in [4.78, 5) is 36.2. The molecule has 1 aromatic heterocycles. The molecule has 0 radical (unpaired) electrons. The molecule has 212 valence electrons. The standard InChI is InChI=1S/C24H29ClN4O4.C7H8/c1-15(23(31)33-24(3,4)5)20(27-16(2)29(6)7)28-21(30)19-9-8-14-26-22(19)32-18-12-10-17(25)11-13-18;1-7-5-3-2-4-6-7/h8-14H,1-7H3,(H,28,30);2-6H,1H3/b20-15-,27-16+;. The lowest BCUT2D eigenvalue weighted by atomic mass is 10.2. The van der Waals surface area contributed by atoms with Gasteiger partial charge < -0.3 is 19.7 Å². The van der Waals surface area contributed by atoms with Crippen LogP contribution >= 0.6 is 11.6 Å². The van der Waals surface area contributed by atoms with Crippen molar-refractivity contribution in [3.63, 3.8) is 0 Å². The van der Waals surface area contributed by atoms with Crippen LogP contribution in [0.4, 0.5) is 0 Å². The Bertz CT molecular complexity index is 1350. The first-order chi connectivity index (χ1) is 18.8. The molecule has 8 nitrogen and oxygen atoms in total. The molecule has 2 aromatic carbocycles. The van der Waals surface area contributed by atoms with E-state index in [9.17, 15) is 9.59 Å². The number of nitrogens with zero attached hydrogens (tertiary/aromatic N) is 3. The molecule has 0 aliphatic heterocycles. The number of aryl methyl sites for hydroxylation is 1. The van der Waals surface area contributed by atoms with E-state index in [-0.39, 0.29) is 22.8 Å². The maximum atomic E-state index is 13.2. The summed E-state index contributed by atoms with van der Waals surface area (Å²) in [7, 11) is 3.61. The number of pyridine rings is 1. The Morgan fingerprint density at radius 3 is 2.10 bits per heavy atom. The van der Waals surface area contributed by atoms with Gasteiger partial charge in [0.15, 0.2) is 0 Å². The van der Waals surface area contributed by atoms with Gasteiger partial charge in [-0.3, -0.25) is 4.79 Å². The van der Waals surface area contributed by atoms with Crippen LogP contribution < -0.4 is 10.1 Å². The number of aromatic nitrogens is 1. The third-order valence-electron chi connectivity index (χ3n) is 5.20. The van der Waals surface area contributed by atoms with Crippen LogP contribution in [-0.4, -0.2) is 47.3 Å². The smallest absolute Gasteiger partial charge is 0.337 e. The summed E-state index contributed by atoms with van der Waals surface area (Å²) < 4.78 is 11.2. The van der Waals surface area contributed by atoms with E-state index in [4.69, 9.17) is 21.1 Å². The average molecular weight is 565 g/mol. The van der Waals surface area contributed by atoms with E-state index < -0.39 is 17.5 Å². The van der Waals surface area contributed by atoms with Gasteiger partial charge in [-0.1, -0.05) is 47.5 Å². The lowest BCUT2D eigenvalue weighted by Crippen LogP contribution is -2.30. The molecule has 9 heteroatoms. The maximum Gasteiger partial charge on any atom is 0.337 e. The Labute approximate surface area is 241 Å². The molecule has 0 unspecified atom stereocenters. The first-order valence-corrected chi connectivity index (χ1v) is 13.0. The molecule has 3 rings (SSSR count). The molecule has 0 spiro atoms. The number of carbonyl (C=O) groups excluding carboxylic acids is 2. The number of amides is 1. The van der Waals surface area contributed by atoms with E-state index >= 15 is 0 Å². The zero-order chi connectivity index (χ0) is 29.9. The van der Waals surface area contributed by atoms with E-state index in [1.165, 1.54) is 11.8 Å². The summed E-state index contributed by atoms with van der Waals surface area (Å²) in [5, 5.41) is 3.26. The Balaban J connectivity index is 0.000000693. The molecule has 1 N–H and O–H groups in total. The minimum Gasteiger partial charge on any atom is -0.457 e. The number of halogens is 1. The second-order valence-electron chi connectivity index (χ2n) is 10.0. The first-order valence-electron chi connectivity index (χ1n) is 12.6. The van der Waals surface area contributed by atoms with Crippen LogP contribution in [0.15, 0.2) is 89.3 Å². The zero-order valence-electron chi connectivity index (χ0n) is 24.3. The van der Waals surface area contributed by atoms with Crippen molar-refractivity contribution in [1.29, 1.82) is 0 Å². The van der Waals surface area contributed by atoms with Gasteiger partial charge in [-0.2, -0.15) is 0 Å². The fourth-order valence-corrected chi connectivity index (χ4v) is 3.01. The van der Waals surface area contributed by atoms with Crippen molar-refractivity contribution in [2.45, 2.75) is 47.1 Å². The summed E-state index contributed by atoms with van der Waals surface area (Å²) in [6.45, 7) is 10.7. The van der Waals surface area contributed by atoms with Gasteiger partial charge in [-0.25, -0.2) is 14.8 Å². The molecule has 0 aliphatic rings. The Morgan fingerprint density at radius 2 is 1.57 bits per heavy atom. The number of aliphatic imine (C=N–C) groups is 1. The third-order valence-corrected chi connectivity index (χ3v) is 5.45. The highest BCUT2D eigenvalue weighted by Gasteiger charge is 2.23. The van der Waals surface area contributed by atoms with Crippen LogP contribution in [0.1, 0.15) is 50.5 Å². The van der Waals surface area contributed by atoms with Crippen LogP contribution in [0.2, 0.25) is 5.02 Å². The van der Waals surface area contributed by atoms with E-state index in [1.807, 2.05) is 18.2 Å². The summed E-state index contributed by atoms with van der Waals surface area (Å²) in [5.74, 6) is 0.0882. The SMILES string of the molecule is C/C(=N\C(NC(=O)c1cccnc1Oc1ccc(Cl)cc1)=C(/C)C(=O)OC(C)(C)C)N(C)C.Cc1ccccc1. The van der Waals surface area contributed by atoms with Crippen molar-refractivity contribution in [2.24, 2.45) is 4.99 Å². The Kier molecular flexibility index (Phi) is 11.9. The molecule has 3 aromatic rings. The van der Waals surface area contributed by atoms with Gasteiger partial charge in [0.2, 0.25) is 5.88 Å². The first kappa shape index (κ1) is 32.0. The highest BCUT2D eigenvalue weighted by molar-refractivity contribution is 6.30. The second kappa shape index (κ2) is 14.8. The number of benzene rings is 2. The molecule has 40 heavy (non-hydrogen) atoms. The molecular weight excluding hydrogens is 528 g/mol. The number of carbonyl (C=O) groups is 2. The number of hydrogen-bond donors (Lipinski definition) is 1. The van der Waals surface area contributed by atoms with Crippen molar-refractivity contribution in [3.8, 4) is 11.6 Å². The van der Waals surface area contributed by atoms with Crippen molar-refractivity contribution < 1.29 is 19.1 Å². The quantitative estimate of drug-likeness (QED) is 0.153. The molecular formula is C31H37ClN4O4. The highest BCUT2D eigenvalue weighted by Crippen LogP contribution is 2.25. The third kappa shape index (κ3) is 10.9.